The number of hydrogen-bond acceptors (Lipinski definition) is 4. The Bertz CT molecular complexity index is 468. The number of aliphatic carboxylic acids is 1. The highest BCUT2D eigenvalue weighted by Gasteiger charge is 2.12. The molecule has 102 valence electrons. The molecule has 0 aliphatic rings. The number of amides is 1. The number of nitrogens with one attached hydrogen (secondary N) is 1. The van der Waals surface area contributed by atoms with Gasteiger partial charge < -0.3 is 21.3 Å². The molecule has 0 radical (unpaired) electrons. The van der Waals surface area contributed by atoms with E-state index in [9.17, 15) is 9.59 Å². The van der Waals surface area contributed by atoms with Gasteiger partial charge in [-0.3, -0.25) is 4.79 Å². The molecule has 0 aromatic heterocycles. The topological polar surface area (TPSA) is 113 Å². The Morgan fingerprint density at radius 2 is 1.95 bits per heavy atom. The van der Waals surface area contributed by atoms with Crippen LogP contribution in [0.25, 0.3) is 6.08 Å². The Kier molecular flexibility index (Phi) is 5.56. The Morgan fingerprint density at radius 3 is 2.53 bits per heavy atom. The standard InChI is InChI=1S/C13H16N2O4/c14-10-4-1-9(2-5-10)3-6-12(17)15-8-7-11(16)13(18)19/h1-6,11,16H,7-8,14H2,(H,15,17)(H,18,19)/b6-3+/t11-/m0/s1. The summed E-state index contributed by atoms with van der Waals surface area (Å²) in [5, 5.41) is 19.9. The fraction of sp³-hybridized carbons (Fsp3) is 0.231. The van der Waals surface area contributed by atoms with Gasteiger partial charge in [0.05, 0.1) is 0 Å². The number of carboxylic acids is 1. The van der Waals surface area contributed by atoms with Gasteiger partial charge in [0, 0.05) is 24.7 Å². The smallest absolute Gasteiger partial charge is 0.332 e. The van der Waals surface area contributed by atoms with Gasteiger partial charge in [0.2, 0.25) is 5.91 Å². The van der Waals surface area contributed by atoms with Gasteiger partial charge in [-0.2, -0.15) is 0 Å². The third-order valence-corrected chi connectivity index (χ3v) is 2.37. The summed E-state index contributed by atoms with van der Waals surface area (Å²) in [6.45, 7) is 0.0956. The molecule has 1 atom stereocenters. The number of carbonyl (C=O) groups excluding carboxylic acids is 1. The SMILES string of the molecule is Nc1ccc(/C=C/C(=O)NCC[C@H](O)C(=O)O)cc1. The molecular formula is C13H16N2O4. The highest BCUT2D eigenvalue weighted by atomic mass is 16.4. The maximum Gasteiger partial charge on any atom is 0.332 e. The first-order chi connectivity index (χ1) is 8.99. The molecule has 1 amide bonds. The predicted molar refractivity (Wildman–Crippen MR) is 71.2 cm³/mol. The van der Waals surface area contributed by atoms with E-state index < -0.39 is 12.1 Å². The van der Waals surface area contributed by atoms with E-state index in [1.54, 1.807) is 30.3 Å². The molecule has 0 spiro atoms. The summed E-state index contributed by atoms with van der Waals surface area (Å²) < 4.78 is 0. The summed E-state index contributed by atoms with van der Waals surface area (Å²) in [6.07, 6.45) is 1.46. The van der Waals surface area contributed by atoms with Crippen LogP contribution in [0, 0.1) is 0 Å². The number of carboxylic acid groups (broad SMARTS) is 1. The van der Waals surface area contributed by atoms with E-state index in [-0.39, 0.29) is 18.9 Å². The Balaban J connectivity index is 2.35. The third kappa shape index (κ3) is 5.69. The van der Waals surface area contributed by atoms with Gasteiger partial charge in [0.25, 0.3) is 0 Å². The van der Waals surface area contributed by atoms with Crippen LogP contribution in [0.15, 0.2) is 30.3 Å². The van der Waals surface area contributed by atoms with Crippen molar-refractivity contribution in [3.05, 3.63) is 35.9 Å². The van der Waals surface area contributed by atoms with Crippen molar-refractivity contribution in [3.8, 4) is 0 Å². The summed E-state index contributed by atoms with van der Waals surface area (Å²) in [4.78, 5) is 21.7. The molecule has 0 heterocycles. The molecule has 6 heteroatoms. The van der Waals surface area contributed by atoms with E-state index in [4.69, 9.17) is 15.9 Å². The number of carbonyl (C=O) groups is 2. The van der Waals surface area contributed by atoms with E-state index in [1.807, 2.05) is 0 Å². The normalized spacial score (nSPS) is 12.3. The van der Waals surface area contributed by atoms with Crippen LogP contribution in [0.2, 0.25) is 0 Å². The van der Waals surface area contributed by atoms with Crippen LogP contribution in [0.3, 0.4) is 0 Å². The van der Waals surface area contributed by atoms with Crippen molar-refractivity contribution in [1.82, 2.24) is 5.32 Å². The number of anilines is 1. The van der Waals surface area contributed by atoms with Crippen LogP contribution >= 0.6 is 0 Å². The maximum absolute atomic E-state index is 11.4. The number of hydrogen-bond donors (Lipinski definition) is 4. The minimum atomic E-state index is -1.46. The number of benzene rings is 1. The van der Waals surface area contributed by atoms with Gasteiger partial charge in [-0.1, -0.05) is 12.1 Å². The molecule has 0 aliphatic heterocycles. The molecule has 0 saturated heterocycles. The monoisotopic (exact) mass is 264 g/mol. The molecule has 0 unspecified atom stereocenters. The van der Waals surface area contributed by atoms with E-state index >= 15 is 0 Å². The first-order valence-corrected chi connectivity index (χ1v) is 5.71. The van der Waals surface area contributed by atoms with Crippen molar-refractivity contribution in [2.75, 3.05) is 12.3 Å². The summed E-state index contributed by atoms with van der Waals surface area (Å²) in [7, 11) is 0. The highest BCUT2D eigenvalue weighted by Crippen LogP contribution is 2.06. The fourth-order valence-corrected chi connectivity index (χ4v) is 1.29. The molecule has 1 rings (SSSR count). The first kappa shape index (κ1) is 14.7. The molecule has 1 aromatic carbocycles. The van der Waals surface area contributed by atoms with Crippen LogP contribution in [0.1, 0.15) is 12.0 Å². The molecule has 0 fully saturated rings. The van der Waals surface area contributed by atoms with Gasteiger partial charge in [-0.15, -0.1) is 0 Å². The number of rotatable bonds is 6. The maximum atomic E-state index is 11.4. The fourth-order valence-electron chi connectivity index (χ4n) is 1.29. The second-order valence-electron chi connectivity index (χ2n) is 3.93. The van der Waals surface area contributed by atoms with Gasteiger partial charge in [0.15, 0.2) is 6.10 Å². The molecule has 1 aromatic rings. The number of aliphatic hydroxyl groups excluding tert-OH is 1. The van der Waals surface area contributed by atoms with Crippen LogP contribution in [-0.4, -0.2) is 34.7 Å². The van der Waals surface area contributed by atoms with Crippen molar-refractivity contribution in [2.45, 2.75) is 12.5 Å². The third-order valence-electron chi connectivity index (χ3n) is 2.37. The molecule has 6 nitrogen and oxygen atoms in total. The second kappa shape index (κ2) is 7.17. The minimum Gasteiger partial charge on any atom is -0.479 e. The average molecular weight is 264 g/mol. The van der Waals surface area contributed by atoms with E-state index in [0.29, 0.717) is 5.69 Å². The molecular weight excluding hydrogens is 248 g/mol. The molecule has 19 heavy (non-hydrogen) atoms. The molecule has 0 bridgehead atoms. The summed E-state index contributed by atoms with van der Waals surface area (Å²) in [5.41, 5.74) is 7.00. The van der Waals surface area contributed by atoms with Crippen molar-refractivity contribution >= 4 is 23.6 Å². The molecule has 0 saturated carbocycles. The van der Waals surface area contributed by atoms with Crippen LogP contribution < -0.4 is 11.1 Å². The van der Waals surface area contributed by atoms with Gasteiger partial charge in [0.1, 0.15) is 0 Å². The summed E-state index contributed by atoms with van der Waals surface area (Å²) >= 11 is 0. The van der Waals surface area contributed by atoms with Crippen LogP contribution in [0.4, 0.5) is 5.69 Å². The number of aliphatic hydroxyl groups is 1. The van der Waals surface area contributed by atoms with Crippen molar-refractivity contribution in [3.63, 3.8) is 0 Å². The second-order valence-corrected chi connectivity index (χ2v) is 3.93. The number of nitrogen functional groups attached to an aromatic ring is 1. The van der Waals surface area contributed by atoms with E-state index in [1.165, 1.54) is 6.08 Å². The molecule has 0 aliphatic carbocycles. The Labute approximate surface area is 110 Å². The largest absolute Gasteiger partial charge is 0.479 e. The Hall–Kier alpha value is -2.34. The summed E-state index contributed by atoms with van der Waals surface area (Å²) in [6, 6.07) is 6.99. The van der Waals surface area contributed by atoms with Gasteiger partial charge in [-0.25, -0.2) is 4.79 Å². The number of nitrogens with two attached hydrogens (primary N) is 1. The average Bonchev–Trinajstić information content (AvgIpc) is 2.37. The zero-order chi connectivity index (χ0) is 14.3. The van der Waals surface area contributed by atoms with Crippen LogP contribution in [-0.2, 0) is 9.59 Å². The quantitative estimate of drug-likeness (QED) is 0.434. The minimum absolute atomic E-state index is 0.0310. The van der Waals surface area contributed by atoms with Crippen LogP contribution in [0.5, 0.6) is 0 Å². The lowest BCUT2D eigenvalue weighted by atomic mass is 10.2. The van der Waals surface area contributed by atoms with Gasteiger partial charge >= 0.3 is 5.97 Å². The lowest BCUT2D eigenvalue weighted by molar-refractivity contribution is -0.147. The van der Waals surface area contributed by atoms with E-state index in [2.05, 4.69) is 5.32 Å². The predicted octanol–water partition coefficient (Wildman–Crippen LogP) is 0.234. The lowest BCUT2D eigenvalue weighted by Gasteiger charge is -2.05. The lowest BCUT2D eigenvalue weighted by Crippen LogP contribution is -2.28. The van der Waals surface area contributed by atoms with E-state index in [0.717, 1.165) is 5.56 Å². The first-order valence-electron chi connectivity index (χ1n) is 5.71. The van der Waals surface area contributed by atoms with Crippen molar-refractivity contribution < 1.29 is 19.8 Å². The zero-order valence-corrected chi connectivity index (χ0v) is 10.2. The van der Waals surface area contributed by atoms with Crippen molar-refractivity contribution in [1.29, 1.82) is 0 Å². The zero-order valence-electron chi connectivity index (χ0n) is 10.2. The Morgan fingerprint density at radius 1 is 1.32 bits per heavy atom. The molecule has 5 N–H and O–H groups in total. The highest BCUT2D eigenvalue weighted by molar-refractivity contribution is 5.91. The van der Waals surface area contributed by atoms with Gasteiger partial charge in [-0.05, 0) is 23.8 Å². The van der Waals surface area contributed by atoms with Crippen molar-refractivity contribution in [2.24, 2.45) is 0 Å². The summed E-state index contributed by atoms with van der Waals surface area (Å²) in [5.74, 6) is -1.65.